The van der Waals surface area contributed by atoms with Crippen molar-refractivity contribution in [2.45, 2.75) is 103 Å². The summed E-state index contributed by atoms with van der Waals surface area (Å²) < 4.78 is 0.852. The van der Waals surface area contributed by atoms with Crippen LogP contribution in [0.15, 0.2) is 12.2 Å². The molecular formula is C25H46NO6+. The number of nitrogens with zero attached hydrogens (tertiary/aromatic N) is 1. The lowest BCUT2D eigenvalue weighted by Gasteiger charge is -2.39. The zero-order chi connectivity index (χ0) is 24.1. The monoisotopic (exact) mass is 456 g/mol. The van der Waals surface area contributed by atoms with E-state index in [0.717, 1.165) is 82.0 Å². The largest absolute Gasteiger partial charge is 0.481 e. The number of hydrogen-bond acceptors (Lipinski definition) is 3. The predicted octanol–water partition coefficient (Wildman–Crippen LogP) is 5.48. The van der Waals surface area contributed by atoms with Crippen molar-refractivity contribution in [2.24, 2.45) is 0 Å². The molecule has 0 amide bonds. The van der Waals surface area contributed by atoms with Gasteiger partial charge >= 0.3 is 17.9 Å². The molecule has 0 aromatic heterocycles. The fourth-order valence-electron chi connectivity index (χ4n) is 4.13. The van der Waals surface area contributed by atoms with E-state index in [1.54, 1.807) is 0 Å². The first-order valence-corrected chi connectivity index (χ1v) is 12.5. The second kappa shape index (κ2) is 19.8. The Kier molecular flexibility index (Phi) is 18.6. The molecule has 0 radical (unpaired) electrons. The quantitative estimate of drug-likeness (QED) is 0.107. The molecule has 0 rings (SSSR count). The van der Waals surface area contributed by atoms with Gasteiger partial charge in [0.15, 0.2) is 0 Å². The maximum absolute atomic E-state index is 10.9. The molecule has 3 N–H and O–H groups in total. The van der Waals surface area contributed by atoms with Gasteiger partial charge in [0.2, 0.25) is 0 Å². The minimum absolute atomic E-state index is 0.169. The van der Waals surface area contributed by atoms with Crippen LogP contribution in [-0.4, -0.2) is 63.9 Å². The van der Waals surface area contributed by atoms with Gasteiger partial charge < -0.3 is 19.8 Å². The van der Waals surface area contributed by atoms with Crippen molar-refractivity contribution in [1.82, 2.24) is 0 Å². The first kappa shape index (κ1) is 30.1. The van der Waals surface area contributed by atoms with Gasteiger partial charge in [0, 0.05) is 19.3 Å². The molecule has 0 aliphatic rings. The van der Waals surface area contributed by atoms with E-state index in [-0.39, 0.29) is 19.3 Å². The molecule has 0 saturated heterocycles. The molecule has 0 spiro atoms. The van der Waals surface area contributed by atoms with E-state index >= 15 is 0 Å². The van der Waals surface area contributed by atoms with Gasteiger partial charge in [0.25, 0.3) is 0 Å². The lowest BCUT2D eigenvalue weighted by Crippen LogP contribution is -2.51. The third-order valence-electron chi connectivity index (χ3n) is 5.94. The SMILES string of the molecule is CCC/C=C/CCCCC[N+](CCCCC(=O)O)(CCCCC(=O)O)CCCCC(=O)O. The second-order valence-electron chi connectivity index (χ2n) is 8.90. The Morgan fingerprint density at radius 1 is 0.562 bits per heavy atom. The van der Waals surface area contributed by atoms with Crippen molar-refractivity contribution in [3.63, 3.8) is 0 Å². The molecule has 0 fully saturated rings. The molecule has 0 saturated carbocycles. The summed E-state index contributed by atoms with van der Waals surface area (Å²) in [6, 6.07) is 0. The van der Waals surface area contributed by atoms with Crippen LogP contribution in [0.3, 0.4) is 0 Å². The van der Waals surface area contributed by atoms with Gasteiger partial charge in [0.1, 0.15) is 0 Å². The molecule has 0 aromatic carbocycles. The Morgan fingerprint density at radius 3 is 1.31 bits per heavy atom. The van der Waals surface area contributed by atoms with Crippen molar-refractivity contribution in [2.75, 3.05) is 26.2 Å². The maximum atomic E-state index is 10.9. The molecule has 0 bridgehead atoms. The summed E-state index contributed by atoms with van der Waals surface area (Å²) in [4.78, 5) is 32.7. The number of allylic oxidation sites excluding steroid dienone is 2. The van der Waals surface area contributed by atoms with Crippen molar-refractivity contribution in [1.29, 1.82) is 0 Å². The van der Waals surface area contributed by atoms with E-state index in [1.165, 1.54) is 6.42 Å². The molecule has 0 heterocycles. The van der Waals surface area contributed by atoms with E-state index in [0.29, 0.717) is 19.3 Å². The van der Waals surface area contributed by atoms with Crippen LogP contribution >= 0.6 is 0 Å². The smallest absolute Gasteiger partial charge is 0.303 e. The van der Waals surface area contributed by atoms with E-state index in [1.807, 2.05) is 0 Å². The number of aliphatic carboxylic acids is 3. The van der Waals surface area contributed by atoms with Crippen LogP contribution in [-0.2, 0) is 14.4 Å². The highest BCUT2D eigenvalue weighted by Gasteiger charge is 2.26. The average molecular weight is 457 g/mol. The Hall–Kier alpha value is -1.89. The van der Waals surface area contributed by atoms with Gasteiger partial charge in [0.05, 0.1) is 26.2 Å². The van der Waals surface area contributed by atoms with Crippen LogP contribution in [0.2, 0.25) is 0 Å². The average Bonchev–Trinajstić information content (AvgIpc) is 2.73. The fraction of sp³-hybridized carbons (Fsp3) is 0.800. The summed E-state index contributed by atoms with van der Waals surface area (Å²) in [7, 11) is 0. The number of hydrogen-bond donors (Lipinski definition) is 3. The van der Waals surface area contributed by atoms with Crippen LogP contribution in [0.5, 0.6) is 0 Å². The first-order chi connectivity index (χ1) is 15.3. The third kappa shape index (κ3) is 18.8. The second-order valence-corrected chi connectivity index (χ2v) is 8.90. The number of unbranched alkanes of at least 4 members (excludes halogenated alkanes) is 7. The van der Waals surface area contributed by atoms with E-state index < -0.39 is 17.9 Å². The van der Waals surface area contributed by atoms with E-state index in [4.69, 9.17) is 15.3 Å². The molecule has 7 nitrogen and oxygen atoms in total. The summed E-state index contributed by atoms with van der Waals surface area (Å²) in [6.45, 7) is 5.80. The van der Waals surface area contributed by atoms with Gasteiger partial charge in [-0.25, -0.2) is 0 Å². The van der Waals surface area contributed by atoms with Crippen molar-refractivity contribution < 1.29 is 34.2 Å². The lowest BCUT2D eigenvalue weighted by molar-refractivity contribution is -0.929. The number of carboxylic acid groups (broad SMARTS) is 3. The van der Waals surface area contributed by atoms with Crippen molar-refractivity contribution in [3.8, 4) is 0 Å². The molecule has 0 atom stereocenters. The van der Waals surface area contributed by atoms with Gasteiger partial charge in [-0.15, -0.1) is 0 Å². The Labute approximate surface area is 194 Å². The van der Waals surface area contributed by atoms with E-state index in [9.17, 15) is 14.4 Å². The highest BCUT2D eigenvalue weighted by Crippen LogP contribution is 2.19. The van der Waals surface area contributed by atoms with Gasteiger partial charge in [-0.1, -0.05) is 25.5 Å². The van der Waals surface area contributed by atoms with Crippen LogP contribution in [0.4, 0.5) is 0 Å². The Bertz CT molecular complexity index is 491. The summed E-state index contributed by atoms with van der Waals surface area (Å²) >= 11 is 0. The maximum Gasteiger partial charge on any atom is 0.303 e. The highest BCUT2D eigenvalue weighted by molar-refractivity contribution is 5.67. The molecule has 0 aromatic rings. The zero-order valence-electron chi connectivity index (χ0n) is 20.1. The van der Waals surface area contributed by atoms with Crippen LogP contribution < -0.4 is 0 Å². The normalized spacial score (nSPS) is 11.8. The summed E-state index contributed by atoms with van der Waals surface area (Å²) in [5.74, 6) is -2.33. The van der Waals surface area contributed by atoms with Gasteiger partial charge in [-0.3, -0.25) is 14.4 Å². The Balaban J connectivity index is 4.88. The van der Waals surface area contributed by atoms with Gasteiger partial charge in [-0.05, 0) is 70.6 Å². The topological polar surface area (TPSA) is 112 Å². The molecular weight excluding hydrogens is 410 g/mol. The van der Waals surface area contributed by atoms with Crippen LogP contribution in [0.25, 0.3) is 0 Å². The summed E-state index contributed by atoms with van der Waals surface area (Å²) in [6.07, 6.45) is 16.2. The standard InChI is InChI=1S/C25H45NO6/c1-2-3-4-5-6-7-8-12-19-26(20-13-9-16-23(27)28,21-14-10-17-24(29)30)22-15-11-18-25(31)32/h4-5H,2-3,6-22H2,1H3,(H2-,27,28,29,30,31,32)/p+1/b5-4+. The summed E-state index contributed by atoms with van der Waals surface area (Å²) in [5.41, 5.74) is 0. The first-order valence-electron chi connectivity index (χ1n) is 12.5. The van der Waals surface area contributed by atoms with Crippen molar-refractivity contribution >= 4 is 17.9 Å². The molecule has 186 valence electrons. The minimum atomic E-state index is -0.776. The third-order valence-corrected chi connectivity index (χ3v) is 5.94. The fourth-order valence-corrected chi connectivity index (χ4v) is 4.13. The number of carboxylic acids is 3. The molecule has 0 aliphatic carbocycles. The Morgan fingerprint density at radius 2 is 0.938 bits per heavy atom. The molecule has 32 heavy (non-hydrogen) atoms. The van der Waals surface area contributed by atoms with E-state index in [2.05, 4.69) is 19.1 Å². The lowest BCUT2D eigenvalue weighted by atomic mass is 10.1. The van der Waals surface area contributed by atoms with Crippen LogP contribution in [0, 0.1) is 0 Å². The zero-order valence-corrected chi connectivity index (χ0v) is 20.1. The molecule has 0 unspecified atom stereocenters. The van der Waals surface area contributed by atoms with Crippen molar-refractivity contribution in [3.05, 3.63) is 12.2 Å². The minimum Gasteiger partial charge on any atom is -0.481 e. The molecule has 7 heteroatoms. The number of quaternary nitrogens is 1. The summed E-state index contributed by atoms with van der Waals surface area (Å²) in [5, 5.41) is 26.8. The highest BCUT2D eigenvalue weighted by atomic mass is 16.4. The van der Waals surface area contributed by atoms with Gasteiger partial charge in [-0.2, -0.15) is 0 Å². The molecule has 0 aliphatic heterocycles. The number of carbonyl (C=O) groups is 3. The predicted molar refractivity (Wildman–Crippen MR) is 127 cm³/mol. The number of rotatable bonds is 23. The van der Waals surface area contributed by atoms with Crippen LogP contribution in [0.1, 0.15) is 103 Å².